The Morgan fingerprint density at radius 3 is 2.75 bits per heavy atom. The van der Waals surface area contributed by atoms with Gasteiger partial charge in [0.1, 0.15) is 0 Å². The molecular weight excluding hydrogens is 164 g/mol. The minimum absolute atomic E-state index is 1.12. The van der Waals surface area contributed by atoms with Gasteiger partial charge in [-0.1, -0.05) is 4.47 Å². The van der Waals surface area contributed by atoms with Gasteiger partial charge in [0.05, 0.1) is 0 Å². The third-order valence-electron chi connectivity index (χ3n) is 1.01. The van der Waals surface area contributed by atoms with Crippen molar-refractivity contribution in [3.8, 4) is 0 Å². The number of hydrogen-bond donors (Lipinski definition) is 0. The topological polar surface area (TPSA) is 0 Å². The summed E-state index contributed by atoms with van der Waals surface area (Å²) in [6.45, 7) is 3.63. The van der Waals surface area contributed by atoms with Crippen LogP contribution in [0.3, 0.4) is 0 Å². The molecule has 0 nitrogen and oxygen atoms in total. The van der Waals surface area contributed by atoms with Gasteiger partial charge in [-0.25, -0.2) is 0 Å². The van der Waals surface area contributed by atoms with E-state index in [0.29, 0.717) is 0 Å². The maximum atomic E-state index is 3.63. The van der Waals surface area contributed by atoms with Crippen LogP contribution in [0.25, 0.3) is 6.08 Å². The Hall–Kier alpha value is -0.430. The van der Waals surface area contributed by atoms with Gasteiger partial charge >= 0.3 is 0 Å². The Morgan fingerprint density at radius 2 is 2.50 bits per heavy atom. The number of rotatable bonds is 1. The molecule has 0 radical (unpaired) electrons. The lowest BCUT2D eigenvalue weighted by Gasteiger charge is -1.93. The second-order valence-corrected chi connectivity index (χ2v) is 2.39. The molecule has 0 spiro atoms. The number of halogens is 1. The first-order valence-corrected chi connectivity index (χ1v) is 3.17. The molecule has 0 atom stereocenters. The zero-order valence-electron chi connectivity index (χ0n) is 4.39. The lowest BCUT2D eigenvalue weighted by molar-refractivity contribution is 1.80. The van der Waals surface area contributed by atoms with Crippen LogP contribution >= 0.6 is 15.9 Å². The maximum absolute atomic E-state index is 3.63. The van der Waals surface area contributed by atoms with E-state index in [4.69, 9.17) is 0 Å². The summed E-state index contributed by atoms with van der Waals surface area (Å²) in [5.74, 6) is 0. The summed E-state index contributed by atoms with van der Waals surface area (Å²) < 4.78 is 1.12. The Balaban J connectivity index is 3.09. The molecule has 0 aromatic heterocycles. The van der Waals surface area contributed by atoms with Gasteiger partial charge < -0.3 is 0 Å². The van der Waals surface area contributed by atoms with E-state index in [1.165, 1.54) is 0 Å². The molecule has 1 rings (SSSR count). The molecule has 0 aliphatic rings. The van der Waals surface area contributed by atoms with Crippen molar-refractivity contribution >= 4 is 22.0 Å². The van der Waals surface area contributed by atoms with Crippen LogP contribution in [0.2, 0.25) is 0 Å². The largest absolute Gasteiger partial charge is 0.161 e. The maximum Gasteiger partial charge on any atom is -0.0976 e. The summed E-state index contributed by atoms with van der Waals surface area (Å²) in [5, 5.41) is 0. The average molecular weight is 170 g/mol. The second-order valence-electron chi connectivity index (χ2n) is 1.53. The van der Waals surface area contributed by atoms with Crippen LogP contribution in [0.4, 0.5) is 0 Å². The third kappa shape index (κ3) is 0.869. The van der Waals surface area contributed by atoms with E-state index in [0.717, 1.165) is 10.0 Å². The molecule has 42 valence electrons. The fraction of sp³-hybridized carbons (Fsp3) is 0. The molecule has 1 aromatic carbocycles. The summed E-state index contributed by atoms with van der Waals surface area (Å²) in [6, 6.07) is 6.00. The predicted octanol–water partition coefficient (Wildman–Crippen LogP) is 2.81. The van der Waals surface area contributed by atoms with Gasteiger partial charge in [-0.15, -0.1) is 40.2 Å². The highest BCUT2D eigenvalue weighted by Crippen LogP contribution is 2.17. The summed E-state index contributed by atoms with van der Waals surface area (Å²) >= 11 is 3.36. The second kappa shape index (κ2) is 2.23. The van der Waals surface area contributed by atoms with E-state index in [1.807, 2.05) is 24.3 Å². The van der Waals surface area contributed by atoms with Crippen molar-refractivity contribution in [2.24, 2.45) is 0 Å². The van der Waals surface area contributed by atoms with Crippen LogP contribution in [-0.4, -0.2) is 0 Å². The fourth-order valence-electron chi connectivity index (χ4n) is 0.578. The predicted molar refractivity (Wildman–Crippen MR) is 39.8 cm³/mol. The Bertz CT molecular complexity index is 186. The van der Waals surface area contributed by atoms with Crippen LogP contribution in [0.1, 0.15) is 5.56 Å². The van der Waals surface area contributed by atoms with E-state index in [2.05, 4.69) is 22.5 Å². The van der Waals surface area contributed by atoms with Crippen LogP contribution in [0.5, 0.6) is 0 Å². The van der Waals surface area contributed by atoms with E-state index in [-0.39, 0.29) is 0 Å². The van der Waals surface area contributed by atoms with Gasteiger partial charge in [0.2, 0.25) is 0 Å². The fourth-order valence-corrected chi connectivity index (χ4v) is 1.02. The minimum Gasteiger partial charge on any atom is -0.161 e. The molecule has 0 fully saturated rings. The van der Waals surface area contributed by atoms with E-state index in [9.17, 15) is 0 Å². The first kappa shape index (κ1) is 5.70. The lowest BCUT2D eigenvalue weighted by atomic mass is 10.3. The SMILES string of the molecule is C=Cc1[cH-]ccc1Br. The van der Waals surface area contributed by atoms with Gasteiger partial charge in [-0.2, -0.15) is 12.1 Å². The molecule has 0 aliphatic carbocycles. The molecule has 0 saturated heterocycles. The van der Waals surface area contributed by atoms with Crippen molar-refractivity contribution in [2.45, 2.75) is 0 Å². The lowest BCUT2D eigenvalue weighted by Crippen LogP contribution is -1.58. The van der Waals surface area contributed by atoms with Gasteiger partial charge in [-0.05, 0) is 0 Å². The normalized spacial score (nSPS) is 9.12. The molecule has 0 saturated carbocycles. The van der Waals surface area contributed by atoms with Crippen molar-refractivity contribution in [3.63, 3.8) is 0 Å². The first-order chi connectivity index (χ1) is 3.84. The molecule has 0 N–H and O–H groups in total. The van der Waals surface area contributed by atoms with Crippen molar-refractivity contribution in [1.29, 1.82) is 0 Å². The number of hydrogen-bond acceptors (Lipinski definition) is 0. The monoisotopic (exact) mass is 169 g/mol. The van der Waals surface area contributed by atoms with Gasteiger partial charge in [0, 0.05) is 0 Å². The zero-order valence-corrected chi connectivity index (χ0v) is 5.98. The molecule has 1 aromatic rings. The molecule has 8 heavy (non-hydrogen) atoms. The summed E-state index contributed by atoms with van der Waals surface area (Å²) in [4.78, 5) is 0. The Labute approximate surface area is 57.3 Å². The smallest absolute Gasteiger partial charge is 0.0976 e. The van der Waals surface area contributed by atoms with Crippen LogP contribution < -0.4 is 0 Å². The van der Waals surface area contributed by atoms with Crippen molar-refractivity contribution < 1.29 is 0 Å². The molecule has 0 bridgehead atoms. The zero-order chi connectivity index (χ0) is 5.98. The average Bonchev–Trinajstić information content (AvgIpc) is 2.14. The van der Waals surface area contributed by atoms with Crippen molar-refractivity contribution in [3.05, 3.63) is 34.8 Å². The minimum atomic E-state index is 1.12. The van der Waals surface area contributed by atoms with Gasteiger partial charge in [0.25, 0.3) is 0 Å². The van der Waals surface area contributed by atoms with Crippen LogP contribution in [0, 0.1) is 0 Å². The molecule has 0 aliphatic heterocycles. The van der Waals surface area contributed by atoms with Crippen molar-refractivity contribution in [2.75, 3.05) is 0 Å². The summed E-state index contributed by atoms with van der Waals surface area (Å²) in [6.07, 6.45) is 1.82. The van der Waals surface area contributed by atoms with E-state index in [1.54, 1.807) is 0 Å². The summed E-state index contributed by atoms with van der Waals surface area (Å²) in [7, 11) is 0. The summed E-state index contributed by atoms with van der Waals surface area (Å²) in [5.41, 5.74) is 1.16. The van der Waals surface area contributed by atoms with Gasteiger partial charge in [0.15, 0.2) is 0 Å². The third-order valence-corrected chi connectivity index (χ3v) is 1.74. The Morgan fingerprint density at radius 1 is 1.75 bits per heavy atom. The molecule has 1 heteroatoms. The first-order valence-electron chi connectivity index (χ1n) is 2.38. The van der Waals surface area contributed by atoms with E-state index >= 15 is 0 Å². The molecular formula is C7H6Br-. The van der Waals surface area contributed by atoms with E-state index < -0.39 is 0 Å². The van der Waals surface area contributed by atoms with Crippen LogP contribution in [-0.2, 0) is 0 Å². The quantitative estimate of drug-likeness (QED) is 0.568. The van der Waals surface area contributed by atoms with Gasteiger partial charge in [-0.3, -0.25) is 0 Å². The van der Waals surface area contributed by atoms with Crippen LogP contribution in [0.15, 0.2) is 29.3 Å². The highest BCUT2D eigenvalue weighted by molar-refractivity contribution is 9.10. The standard InChI is InChI=1S/C7H6Br/c1-2-6-4-3-5-7(6)8/h2-5H,1H2/q-1. The highest BCUT2D eigenvalue weighted by Gasteiger charge is 1.79. The Kier molecular flexibility index (Phi) is 1.59. The van der Waals surface area contributed by atoms with Crippen molar-refractivity contribution in [1.82, 2.24) is 0 Å². The highest BCUT2D eigenvalue weighted by atomic mass is 79.9. The molecule has 0 unspecified atom stereocenters. The molecule has 0 heterocycles. The molecule has 0 amide bonds.